The van der Waals surface area contributed by atoms with Gasteiger partial charge in [0.15, 0.2) is 5.58 Å². The highest BCUT2D eigenvalue weighted by molar-refractivity contribution is 7.89. The number of aryl methyl sites for hydroxylation is 1. The van der Waals surface area contributed by atoms with Crippen LogP contribution in [0, 0.1) is 5.92 Å². The van der Waals surface area contributed by atoms with Crippen LogP contribution < -0.4 is 10.5 Å². The highest BCUT2D eigenvalue weighted by atomic mass is 32.2. The monoisotopic (exact) mass is 415 g/mol. The number of hydrogen-bond donors (Lipinski definition) is 1. The van der Waals surface area contributed by atoms with Crippen molar-refractivity contribution >= 4 is 21.1 Å². The van der Waals surface area contributed by atoms with Crippen molar-refractivity contribution in [1.82, 2.24) is 14.2 Å². The molecule has 0 radical (unpaired) electrons. The molecule has 0 aliphatic carbocycles. The summed E-state index contributed by atoms with van der Waals surface area (Å²) in [5, 5.41) is 0. The molecule has 0 saturated carbocycles. The largest absolute Gasteiger partial charge is 0.419 e. The zero-order valence-electron chi connectivity index (χ0n) is 16.4. The van der Waals surface area contributed by atoms with Gasteiger partial charge in [-0.2, -0.15) is 0 Å². The summed E-state index contributed by atoms with van der Waals surface area (Å²) in [5.74, 6) is -0.203. The molecule has 1 aliphatic rings. The second-order valence-electron chi connectivity index (χ2n) is 7.47. The van der Waals surface area contributed by atoms with Crippen molar-refractivity contribution in [2.75, 3.05) is 19.6 Å². The Kier molecular flexibility index (Phi) is 5.58. The van der Waals surface area contributed by atoms with E-state index in [0.29, 0.717) is 18.6 Å². The fourth-order valence-electron chi connectivity index (χ4n) is 3.89. The van der Waals surface area contributed by atoms with Crippen molar-refractivity contribution in [2.24, 2.45) is 5.92 Å². The van der Waals surface area contributed by atoms with Crippen LogP contribution in [0.4, 0.5) is 0 Å². The lowest BCUT2D eigenvalue weighted by atomic mass is 10.1. The number of sulfonamides is 1. The van der Waals surface area contributed by atoms with Crippen LogP contribution in [0.2, 0.25) is 0 Å². The summed E-state index contributed by atoms with van der Waals surface area (Å²) in [7, 11) is -3.67. The molecule has 29 heavy (non-hydrogen) atoms. The van der Waals surface area contributed by atoms with E-state index in [9.17, 15) is 13.2 Å². The Morgan fingerprint density at radius 3 is 2.72 bits per heavy atom. The summed E-state index contributed by atoms with van der Waals surface area (Å²) in [6, 6.07) is 14.8. The van der Waals surface area contributed by atoms with Crippen molar-refractivity contribution in [3.05, 3.63) is 64.6 Å². The van der Waals surface area contributed by atoms with E-state index in [1.807, 2.05) is 25.1 Å². The molecular weight excluding hydrogens is 390 g/mol. The van der Waals surface area contributed by atoms with Gasteiger partial charge in [-0.3, -0.25) is 9.47 Å². The molecule has 1 aromatic heterocycles. The molecule has 0 spiro atoms. The third-order valence-electron chi connectivity index (χ3n) is 5.45. The van der Waals surface area contributed by atoms with Gasteiger partial charge in [0.05, 0.1) is 10.4 Å². The number of aromatic nitrogens is 1. The molecule has 2 heterocycles. The van der Waals surface area contributed by atoms with Gasteiger partial charge in [0.2, 0.25) is 10.0 Å². The molecule has 0 amide bonds. The average molecular weight is 416 g/mol. The summed E-state index contributed by atoms with van der Waals surface area (Å²) >= 11 is 0. The van der Waals surface area contributed by atoms with Crippen molar-refractivity contribution in [3.63, 3.8) is 0 Å². The van der Waals surface area contributed by atoms with Crippen molar-refractivity contribution in [3.8, 4) is 0 Å². The molecule has 1 saturated heterocycles. The van der Waals surface area contributed by atoms with Gasteiger partial charge < -0.3 is 4.42 Å². The van der Waals surface area contributed by atoms with E-state index in [-0.39, 0.29) is 16.4 Å². The predicted octanol–water partition coefficient (Wildman–Crippen LogP) is 2.41. The SMILES string of the molecule is CCn1c(=O)oc2cc(S(=O)(=O)NCC3CCN(Cc4ccccc4)C3)ccc21. The standard InChI is InChI=1S/C21H25N3O4S/c1-2-24-19-9-8-18(12-20(19)28-21(24)25)29(26,27)22-13-17-10-11-23(15-17)14-16-6-4-3-5-7-16/h3-9,12,17,22H,2,10-11,13-15H2,1H3. The third-order valence-corrected chi connectivity index (χ3v) is 6.87. The number of oxazole rings is 1. The first-order chi connectivity index (χ1) is 14.0. The maximum absolute atomic E-state index is 12.7. The number of nitrogens with one attached hydrogen (secondary N) is 1. The maximum Gasteiger partial charge on any atom is 0.419 e. The normalized spacial score (nSPS) is 17.9. The minimum absolute atomic E-state index is 0.112. The Morgan fingerprint density at radius 2 is 1.97 bits per heavy atom. The summed E-state index contributed by atoms with van der Waals surface area (Å²) in [4.78, 5) is 14.3. The fourth-order valence-corrected chi connectivity index (χ4v) is 5.02. The van der Waals surface area contributed by atoms with Crippen LogP contribution >= 0.6 is 0 Å². The maximum atomic E-state index is 12.7. The Labute approximate surface area is 170 Å². The van der Waals surface area contributed by atoms with E-state index in [0.717, 1.165) is 26.1 Å². The lowest BCUT2D eigenvalue weighted by molar-refractivity contribution is 0.316. The summed E-state index contributed by atoms with van der Waals surface area (Å²) in [6.07, 6.45) is 0.961. The molecule has 8 heteroatoms. The first kappa shape index (κ1) is 19.9. The minimum atomic E-state index is -3.67. The van der Waals surface area contributed by atoms with Crippen LogP contribution in [0.5, 0.6) is 0 Å². The molecular formula is C21H25N3O4S. The van der Waals surface area contributed by atoms with Crippen LogP contribution in [0.25, 0.3) is 11.1 Å². The number of fused-ring (bicyclic) bond motifs is 1. The lowest BCUT2D eigenvalue weighted by Crippen LogP contribution is -2.31. The molecule has 1 atom stereocenters. The summed E-state index contributed by atoms with van der Waals surface area (Å²) < 4.78 is 34.8. The highest BCUT2D eigenvalue weighted by Crippen LogP contribution is 2.21. The Morgan fingerprint density at radius 1 is 1.17 bits per heavy atom. The minimum Gasteiger partial charge on any atom is -0.408 e. The van der Waals surface area contributed by atoms with Gasteiger partial charge in [0.25, 0.3) is 0 Å². The molecule has 2 aromatic carbocycles. The van der Waals surface area contributed by atoms with Crippen molar-refractivity contribution in [1.29, 1.82) is 0 Å². The summed E-state index contributed by atoms with van der Waals surface area (Å²) in [6.45, 7) is 5.41. The molecule has 1 N–H and O–H groups in total. The van der Waals surface area contributed by atoms with Gasteiger partial charge in [-0.15, -0.1) is 0 Å². The quantitative estimate of drug-likeness (QED) is 0.641. The molecule has 0 bridgehead atoms. The smallest absolute Gasteiger partial charge is 0.408 e. The second-order valence-corrected chi connectivity index (χ2v) is 9.24. The molecule has 1 unspecified atom stereocenters. The number of nitrogens with zero attached hydrogens (tertiary/aromatic N) is 2. The number of rotatable bonds is 7. The Balaban J connectivity index is 1.39. The molecule has 7 nitrogen and oxygen atoms in total. The van der Waals surface area contributed by atoms with Crippen LogP contribution in [-0.2, 0) is 23.1 Å². The summed E-state index contributed by atoms with van der Waals surface area (Å²) in [5.41, 5.74) is 2.15. The van der Waals surface area contributed by atoms with Gasteiger partial charge in [-0.25, -0.2) is 17.9 Å². The van der Waals surface area contributed by atoms with Crippen LogP contribution in [0.3, 0.4) is 0 Å². The van der Waals surface area contributed by atoms with E-state index in [2.05, 4.69) is 21.8 Å². The number of benzene rings is 2. The highest BCUT2D eigenvalue weighted by Gasteiger charge is 2.25. The van der Waals surface area contributed by atoms with Gasteiger partial charge in [-0.05, 0) is 43.5 Å². The number of hydrogen-bond acceptors (Lipinski definition) is 5. The Bertz CT molecular complexity index is 1150. The lowest BCUT2D eigenvalue weighted by Gasteiger charge is -2.16. The topological polar surface area (TPSA) is 84.5 Å². The third kappa shape index (κ3) is 4.29. The van der Waals surface area contributed by atoms with Gasteiger partial charge in [0.1, 0.15) is 0 Å². The molecule has 4 rings (SSSR count). The van der Waals surface area contributed by atoms with Gasteiger partial charge in [-0.1, -0.05) is 30.3 Å². The molecule has 1 fully saturated rings. The van der Waals surface area contributed by atoms with E-state index in [1.165, 1.54) is 22.3 Å². The predicted molar refractivity (Wildman–Crippen MR) is 111 cm³/mol. The molecule has 154 valence electrons. The first-order valence-electron chi connectivity index (χ1n) is 9.85. The first-order valence-corrected chi connectivity index (χ1v) is 11.3. The van der Waals surface area contributed by atoms with Gasteiger partial charge in [0, 0.05) is 32.2 Å². The zero-order valence-corrected chi connectivity index (χ0v) is 17.2. The van der Waals surface area contributed by atoms with Crippen LogP contribution in [0.15, 0.2) is 62.6 Å². The van der Waals surface area contributed by atoms with E-state index < -0.39 is 15.8 Å². The molecule has 1 aliphatic heterocycles. The van der Waals surface area contributed by atoms with Crippen LogP contribution in [0.1, 0.15) is 18.9 Å². The van der Waals surface area contributed by atoms with E-state index in [1.54, 1.807) is 6.07 Å². The fraction of sp³-hybridized carbons (Fsp3) is 0.381. The van der Waals surface area contributed by atoms with E-state index >= 15 is 0 Å². The molecule has 3 aromatic rings. The van der Waals surface area contributed by atoms with E-state index in [4.69, 9.17) is 4.42 Å². The van der Waals surface area contributed by atoms with Crippen molar-refractivity contribution < 1.29 is 12.8 Å². The van der Waals surface area contributed by atoms with Gasteiger partial charge >= 0.3 is 5.76 Å². The average Bonchev–Trinajstić information content (AvgIpc) is 3.29. The number of likely N-dealkylation sites (tertiary alicyclic amines) is 1. The second kappa shape index (κ2) is 8.14. The Hall–Kier alpha value is -2.42. The van der Waals surface area contributed by atoms with Crippen LogP contribution in [-0.4, -0.2) is 37.5 Å². The van der Waals surface area contributed by atoms with Crippen molar-refractivity contribution in [2.45, 2.75) is 31.3 Å². The zero-order chi connectivity index (χ0) is 20.4.